The molecule has 0 aliphatic heterocycles. The Labute approximate surface area is 182 Å². The summed E-state index contributed by atoms with van der Waals surface area (Å²) in [4.78, 5) is 12.8. The van der Waals surface area contributed by atoms with Crippen LogP contribution in [0.3, 0.4) is 0 Å². The molecule has 0 unspecified atom stereocenters. The van der Waals surface area contributed by atoms with Crippen LogP contribution in [0.15, 0.2) is 77.7 Å². The van der Waals surface area contributed by atoms with Crippen molar-refractivity contribution >= 4 is 21.6 Å². The van der Waals surface area contributed by atoms with Crippen LogP contribution in [0.4, 0.5) is 10.1 Å². The maximum absolute atomic E-state index is 13.4. The standard InChI is InChI=1S/C24H25FN2O3S/c1-18-7-13-22(14-8-18)31(29,30)27(23-6-4-3-5-19(23)2)17-24(28)26-16-15-20-9-11-21(25)12-10-20/h3-14H,15-17H2,1-2H3,(H,26,28). The Morgan fingerprint density at radius 1 is 0.935 bits per heavy atom. The van der Waals surface area contributed by atoms with Gasteiger partial charge < -0.3 is 5.32 Å². The maximum atomic E-state index is 13.4. The van der Waals surface area contributed by atoms with Gasteiger partial charge in [0, 0.05) is 6.54 Å². The first kappa shape index (κ1) is 22.5. The highest BCUT2D eigenvalue weighted by Crippen LogP contribution is 2.26. The third kappa shape index (κ3) is 5.70. The first-order valence-electron chi connectivity index (χ1n) is 9.93. The number of hydrogen-bond donors (Lipinski definition) is 1. The van der Waals surface area contributed by atoms with Crippen LogP contribution in [-0.4, -0.2) is 27.4 Å². The lowest BCUT2D eigenvalue weighted by atomic mass is 10.1. The zero-order valence-electron chi connectivity index (χ0n) is 17.5. The highest BCUT2D eigenvalue weighted by Gasteiger charge is 2.28. The van der Waals surface area contributed by atoms with E-state index in [-0.39, 0.29) is 17.3 Å². The van der Waals surface area contributed by atoms with Gasteiger partial charge in [-0.2, -0.15) is 0 Å². The minimum absolute atomic E-state index is 0.125. The normalized spacial score (nSPS) is 11.2. The van der Waals surface area contributed by atoms with Crippen LogP contribution < -0.4 is 9.62 Å². The fraction of sp³-hybridized carbons (Fsp3) is 0.208. The van der Waals surface area contributed by atoms with Gasteiger partial charge in [-0.1, -0.05) is 48.0 Å². The monoisotopic (exact) mass is 440 g/mol. The van der Waals surface area contributed by atoms with Crippen molar-refractivity contribution < 1.29 is 17.6 Å². The molecule has 0 aliphatic carbocycles. The summed E-state index contributed by atoms with van der Waals surface area (Å²) in [5, 5.41) is 2.76. The summed E-state index contributed by atoms with van der Waals surface area (Å²) < 4.78 is 40.9. The molecule has 7 heteroatoms. The molecule has 0 saturated heterocycles. The van der Waals surface area contributed by atoms with Crippen molar-refractivity contribution in [2.75, 3.05) is 17.4 Å². The quantitative estimate of drug-likeness (QED) is 0.576. The van der Waals surface area contributed by atoms with Gasteiger partial charge in [-0.25, -0.2) is 12.8 Å². The molecule has 0 atom stereocenters. The molecule has 3 aromatic carbocycles. The van der Waals surface area contributed by atoms with E-state index in [4.69, 9.17) is 0 Å². The van der Waals surface area contributed by atoms with Crippen LogP contribution in [0, 0.1) is 19.7 Å². The molecule has 0 fully saturated rings. The highest BCUT2D eigenvalue weighted by atomic mass is 32.2. The van der Waals surface area contributed by atoms with E-state index in [2.05, 4.69) is 5.32 Å². The molecule has 0 aliphatic rings. The first-order chi connectivity index (χ1) is 14.8. The van der Waals surface area contributed by atoms with E-state index in [0.717, 1.165) is 21.0 Å². The second-order valence-corrected chi connectivity index (χ2v) is 9.20. The van der Waals surface area contributed by atoms with E-state index >= 15 is 0 Å². The van der Waals surface area contributed by atoms with Gasteiger partial charge in [0.05, 0.1) is 10.6 Å². The highest BCUT2D eigenvalue weighted by molar-refractivity contribution is 7.92. The number of para-hydroxylation sites is 1. The number of nitrogens with one attached hydrogen (secondary N) is 1. The van der Waals surface area contributed by atoms with Crippen LogP contribution in [0.5, 0.6) is 0 Å². The summed E-state index contributed by atoms with van der Waals surface area (Å²) in [7, 11) is -3.94. The Bertz CT molecular complexity index is 1140. The number of halogens is 1. The molecule has 162 valence electrons. The second-order valence-electron chi connectivity index (χ2n) is 7.34. The lowest BCUT2D eigenvalue weighted by molar-refractivity contribution is -0.119. The lowest BCUT2D eigenvalue weighted by Gasteiger charge is -2.25. The van der Waals surface area contributed by atoms with Crippen molar-refractivity contribution in [1.29, 1.82) is 0 Å². The maximum Gasteiger partial charge on any atom is 0.264 e. The average Bonchev–Trinajstić information content (AvgIpc) is 2.74. The van der Waals surface area contributed by atoms with E-state index in [1.54, 1.807) is 61.5 Å². The Balaban J connectivity index is 1.78. The summed E-state index contributed by atoms with van der Waals surface area (Å²) in [6.45, 7) is 3.66. The molecule has 0 spiro atoms. The summed E-state index contributed by atoms with van der Waals surface area (Å²) in [5.41, 5.74) is 3.03. The van der Waals surface area contributed by atoms with E-state index < -0.39 is 15.9 Å². The van der Waals surface area contributed by atoms with Crippen LogP contribution in [0.2, 0.25) is 0 Å². The van der Waals surface area contributed by atoms with Gasteiger partial charge in [0.2, 0.25) is 5.91 Å². The van der Waals surface area contributed by atoms with E-state index in [0.29, 0.717) is 18.7 Å². The smallest absolute Gasteiger partial charge is 0.264 e. The Morgan fingerprint density at radius 2 is 1.58 bits per heavy atom. The molecule has 3 rings (SSSR count). The molecule has 31 heavy (non-hydrogen) atoms. The molecule has 0 bridgehead atoms. The third-order valence-electron chi connectivity index (χ3n) is 4.93. The van der Waals surface area contributed by atoms with Crippen molar-refractivity contribution in [3.63, 3.8) is 0 Å². The number of benzene rings is 3. The number of amides is 1. The van der Waals surface area contributed by atoms with Gasteiger partial charge in [-0.05, 0) is 61.7 Å². The second kappa shape index (κ2) is 9.75. The molecule has 5 nitrogen and oxygen atoms in total. The number of carbonyl (C=O) groups excluding carboxylic acids is 1. The largest absolute Gasteiger partial charge is 0.354 e. The molecular formula is C24H25FN2O3S. The minimum atomic E-state index is -3.94. The molecule has 0 aromatic heterocycles. The number of aryl methyl sites for hydroxylation is 2. The van der Waals surface area contributed by atoms with Crippen molar-refractivity contribution in [3.8, 4) is 0 Å². The third-order valence-corrected chi connectivity index (χ3v) is 6.70. The van der Waals surface area contributed by atoms with E-state index in [9.17, 15) is 17.6 Å². The van der Waals surface area contributed by atoms with Crippen molar-refractivity contribution in [1.82, 2.24) is 5.32 Å². The topological polar surface area (TPSA) is 66.5 Å². The van der Waals surface area contributed by atoms with Crippen molar-refractivity contribution in [2.45, 2.75) is 25.2 Å². The van der Waals surface area contributed by atoms with E-state index in [1.807, 2.05) is 13.0 Å². The summed E-state index contributed by atoms with van der Waals surface area (Å²) in [6, 6.07) is 19.6. The van der Waals surface area contributed by atoms with Gasteiger partial charge in [0.15, 0.2) is 0 Å². The van der Waals surface area contributed by atoms with Crippen molar-refractivity contribution in [3.05, 3.63) is 95.3 Å². The zero-order valence-corrected chi connectivity index (χ0v) is 18.3. The molecule has 0 heterocycles. The van der Waals surface area contributed by atoms with Gasteiger partial charge >= 0.3 is 0 Å². The molecule has 1 amide bonds. The van der Waals surface area contributed by atoms with Gasteiger partial charge in [-0.3, -0.25) is 9.10 Å². The fourth-order valence-electron chi connectivity index (χ4n) is 3.16. The van der Waals surface area contributed by atoms with Crippen LogP contribution in [0.25, 0.3) is 0 Å². The Morgan fingerprint density at radius 3 is 2.23 bits per heavy atom. The number of carbonyl (C=O) groups is 1. The number of anilines is 1. The van der Waals surface area contributed by atoms with Crippen LogP contribution in [0.1, 0.15) is 16.7 Å². The summed E-state index contributed by atoms with van der Waals surface area (Å²) >= 11 is 0. The van der Waals surface area contributed by atoms with Gasteiger partial charge in [-0.15, -0.1) is 0 Å². The Hall–Kier alpha value is -3.19. The first-order valence-corrected chi connectivity index (χ1v) is 11.4. The fourth-order valence-corrected chi connectivity index (χ4v) is 4.65. The van der Waals surface area contributed by atoms with Crippen molar-refractivity contribution in [2.24, 2.45) is 0 Å². The van der Waals surface area contributed by atoms with E-state index in [1.165, 1.54) is 12.1 Å². The Kier molecular flexibility index (Phi) is 7.07. The SMILES string of the molecule is Cc1ccc(S(=O)(=O)N(CC(=O)NCCc2ccc(F)cc2)c2ccccc2C)cc1. The van der Waals surface area contributed by atoms with Gasteiger partial charge in [0.1, 0.15) is 12.4 Å². The summed E-state index contributed by atoms with van der Waals surface area (Å²) in [5.74, 6) is -0.732. The number of sulfonamides is 1. The molecule has 0 saturated carbocycles. The van der Waals surface area contributed by atoms with Crippen LogP contribution >= 0.6 is 0 Å². The van der Waals surface area contributed by atoms with Gasteiger partial charge in [0.25, 0.3) is 10.0 Å². The lowest BCUT2D eigenvalue weighted by Crippen LogP contribution is -2.41. The molecule has 1 N–H and O–H groups in total. The molecule has 3 aromatic rings. The average molecular weight is 441 g/mol. The number of rotatable bonds is 8. The zero-order chi connectivity index (χ0) is 22.4. The molecule has 0 radical (unpaired) electrons. The predicted octanol–water partition coefficient (Wildman–Crippen LogP) is 4.00. The minimum Gasteiger partial charge on any atom is -0.354 e. The molecular weight excluding hydrogens is 415 g/mol. The van der Waals surface area contributed by atoms with Crippen LogP contribution in [-0.2, 0) is 21.2 Å². The number of nitrogens with zero attached hydrogens (tertiary/aromatic N) is 1. The number of hydrogen-bond acceptors (Lipinski definition) is 3. The predicted molar refractivity (Wildman–Crippen MR) is 120 cm³/mol. The summed E-state index contributed by atoms with van der Waals surface area (Å²) in [6.07, 6.45) is 0.515.